The van der Waals surface area contributed by atoms with Crippen LogP contribution in [0, 0.1) is 18.3 Å². The molecule has 18 heavy (non-hydrogen) atoms. The van der Waals surface area contributed by atoms with Gasteiger partial charge in [-0.3, -0.25) is 0 Å². The van der Waals surface area contributed by atoms with Crippen LogP contribution in [0.3, 0.4) is 0 Å². The van der Waals surface area contributed by atoms with Gasteiger partial charge in [0.1, 0.15) is 0 Å². The summed E-state index contributed by atoms with van der Waals surface area (Å²) < 4.78 is 0. The maximum atomic E-state index is 5.35. The van der Waals surface area contributed by atoms with Crippen molar-refractivity contribution in [1.82, 2.24) is 0 Å². The monoisotopic (exact) mass is 234 g/mol. The van der Waals surface area contributed by atoms with Gasteiger partial charge in [0.05, 0.1) is 0 Å². The highest BCUT2D eigenvalue weighted by atomic mass is 14.0. The summed E-state index contributed by atoms with van der Waals surface area (Å²) in [7, 11) is 0. The van der Waals surface area contributed by atoms with Gasteiger partial charge in [-0.15, -0.1) is 6.42 Å². The van der Waals surface area contributed by atoms with Crippen LogP contribution in [-0.2, 0) is 6.42 Å². The summed E-state index contributed by atoms with van der Waals surface area (Å²) >= 11 is 0. The SMILES string of the molecule is C#Cc1ccc(-c2ccc(CC(C)C)cc2)cc1. The van der Waals surface area contributed by atoms with Crippen molar-refractivity contribution in [3.05, 3.63) is 59.7 Å². The van der Waals surface area contributed by atoms with E-state index in [0.29, 0.717) is 5.92 Å². The molecule has 0 fully saturated rings. The van der Waals surface area contributed by atoms with Gasteiger partial charge in [0, 0.05) is 5.56 Å². The van der Waals surface area contributed by atoms with Gasteiger partial charge >= 0.3 is 0 Å². The minimum absolute atomic E-state index is 0.700. The molecular weight excluding hydrogens is 216 g/mol. The van der Waals surface area contributed by atoms with Crippen LogP contribution in [0.5, 0.6) is 0 Å². The minimum atomic E-state index is 0.700. The Morgan fingerprint density at radius 3 is 1.83 bits per heavy atom. The highest BCUT2D eigenvalue weighted by Crippen LogP contribution is 2.21. The second-order valence-corrected chi connectivity index (χ2v) is 5.02. The molecule has 0 amide bonds. The van der Waals surface area contributed by atoms with Gasteiger partial charge in [-0.05, 0) is 41.2 Å². The fourth-order valence-electron chi connectivity index (χ4n) is 2.06. The number of benzene rings is 2. The fraction of sp³-hybridized carbons (Fsp3) is 0.222. The lowest BCUT2D eigenvalue weighted by Crippen LogP contribution is -1.93. The zero-order valence-corrected chi connectivity index (χ0v) is 11.0. The highest BCUT2D eigenvalue weighted by molar-refractivity contribution is 5.64. The molecule has 2 aromatic rings. The van der Waals surface area contributed by atoms with Gasteiger partial charge < -0.3 is 0 Å². The first-order chi connectivity index (χ1) is 8.69. The van der Waals surface area contributed by atoms with E-state index in [2.05, 4.69) is 56.2 Å². The van der Waals surface area contributed by atoms with Crippen molar-refractivity contribution < 1.29 is 0 Å². The molecule has 0 bridgehead atoms. The maximum Gasteiger partial charge on any atom is 0.0243 e. The third kappa shape index (κ3) is 3.02. The summed E-state index contributed by atoms with van der Waals surface area (Å²) in [6.07, 6.45) is 6.49. The summed E-state index contributed by atoms with van der Waals surface area (Å²) in [4.78, 5) is 0. The molecule has 0 atom stereocenters. The van der Waals surface area contributed by atoms with E-state index in [1.165, 1.54) is 16.7 Å². The normalized spacial score (nSPS) is 10.3. The van der Waals surface area contributed by atoms with Crippen LogP contribution in [0.25, 0.3) is 11.1 Å². The van der Waals surface area contributed by atoms with Crippen LogP contribution < -0.4 is 0 Å². The minimum Gasteiger partial charge on any atom is -0.115 e. The maximum absolute atomic E-state index is 5.35. The van der Waals surface area contributed by atoms with Crippen molar-refractivity contribution in [1.29, 1.82) is 0 Å². The lowest BCUT2D eigenvalue weighted by Gasteiger charge is -2.07. The Balaban J connectivity index is 2.20. The Bertz CT molecular complexity index is 536. The van der Waals surface area contributed by atoms with Gasteiger partial charge in [-0.2, -0.15) is 0 Å². The first-order valence-corrected chi connectivity index (χ1v) is 6.35. The summed E-state index contributed by atoms with van der Waals surface area (Å²) in [5.41, 5.74) is 4.78. The van der Waals surface area contributed by atoms with E-state index >= 15 is 0 Å². The second-order valence-electron chi connectivity index (χ2n) is 5.02. The summed E-state index contributed by atoms with van der Waals surface area (Å²) in [6.45, 7) is 4.49. The van der Waals surface area contributed by atoms with Gasteiger partial charge in [0.15, 0.2) is 0 Å². The summed E-state index contributed by atoms with van der Waals surface area (Å²) in [6, 6.07) is 16.9. The van der Waals surface area contributed by atoms with E-state index in [1.807, 2.05) is 12.1 Å². The lowest BCUT2D eigenvalue weighted by atomic mass is 9.99. The van der Waals surface area contributed by atoms with E-state index in [4.69, 9.17) is 6.42 Å². The van der Waals surface area contributed by atoms with E-state index in [9.17, 15) is 0 Å². The molecule has 0 aliphatic rings. The van der Waals surface area contributed by atoms with Gasteiger partial charge in [0.2, 0.25) is 0 Å². The molecule has 0 heteroatoms. The molecule has 0 spiro atoms. The van der Waals surface area contributed by atoms with Gasteiger partial charge in [0.25, 0.3) is 0 Å². The van der Waals surface area contributed by atoms with E-state index in [-0.39, 0.29) is 0 Å². The van der Waals surface area contributed by atoms with Crippen LogP contribution in [0.15, 0.2) is 48.5 Å². The largest absolute Gasteiger partial charge is 0.115 e. The van der Waals surface area contributed by atoms with Crippen molar-refractivity contribution in [3.8, 4) is 23.5 Å². The Labute approximate surface area is 110 Å². The Morgan fingerprint density at radius 1 is 0.889 bits per heavy atom. The molecule has 0 heterocycles. The molecule has 90 valence electrons. The zero-order chi connectivity index (χ0) is 13.0. The Kier molecular flexibility index (Phi) is 3.85. The third-order valence-electron chi connectivity index (χ3n) is 2.98. The van der Waals surface area contributed by atoms with E-state index in [1.54, 1.807) is 0 Å². The van der Waals surface area contributed by atoms with E-state index in [0.717, 1.165) is 12.0 Å². The molecule has 0 aromatic heterocycles. The molecule has 0 saturated heterocycles. The number of terminal acetylenes is 1. The molecule has 2 aromatic carbocycles. The second kappa shape index (κ2) is 5.56. The quantitative estimate of drug-likeness (QED) is 0.684. The molecule has 2 rings (SSSR count). The highest BCUT2D eigenvalue weighted by Gasteiger charge is 2.00. The molecule has 0 radical (unpaired) electrons. The van der Waals surface area contributed by atoms with Crippen LogP contribution in [0.1, 0.15) is 25.0 Å². The molecule has 0 unspecified atom stereocenters. The topological polar surface area (TPSA) is 0 Å². The molecule has 0 aliphatic carbocycles. The molecule has 0 nitrogen and oxygen atoms in total. The average Bonchev–Trinajstić information content (AvgIpc) is 2.39. The first kappa shape index (κ1) is 12.5. The van der Waals surface area contributed by atoms with Crippen molar-refractivity contribution >= 4 is 0 Å². The van der Waals surface area contributed by atoms with Gasteiger partial charge in [-0.1, -0.05) is 56.2 Å². The van der Waals surface area contributed by atoms with E-state index < -0.39 is 0 Å². The summed E-state index contributed by atoms with van der Waals surface area (Å²) in [5, 5.41) is 0. The van der Waals surface area contributed by atoms with Crippen molar-refractivity contribution in [2.45, 2.75) is 20.3 Å². The van der Waals surface area contributed by atoms with Crippen LogP contribution in [0.4, 0.5) is 0 Å². The van der Waals surface area contributed by atoms with Crippen LogP contribution in [-0.4, -0.2) is 0 Å². The Morgan fingerprint density at radius 2 is 1.39 bits per heavy atom. The van der Waals surface area contributed by atoms with Crippen LogP contribution in [0.2, 0.25) is 0 Å². The fourth-order valence-corrected chi connectivity index (χ4v) is 2.06. The molecular formula is C18H18. The number of rotatable bonds is 3. The first-order valence-electron chi connectivity index (χ1n) is 6.35. The molecule has 0 N–H and O–H groups in total. The van der Waals surface area contributed by atoms with Crippen molar-refractivity contribution in [3.63, 3.8) is 0 Å². The lowest BCUT2D eigenvalue weighted by molar-refractivity contribution is 0.647. The summed E-state index contributed by atoms with van der Waals surface area (Å²) in [5.74, 6) is 3.34. The third-order valence-corrected chi connectivity index (χ3v) is 2.98. The number of hydrogen-bond acceptors (Lipinski definition) is 0. The predicted octanol–water partition coefficient (Wildman–Crippen LogP) is 4.53. The Hall–Kier alpha value is -2.00. The predicted molar refractivity (Wildman–Crippen MR) is 78.4 cm³/mol. The van der Waals surface area contributed by atoms with Crippen molar-refractivity contribution in [2.75, 3.05) is 0 Å². The zero-order valence-electron chi connectivity index (χ0n) is 11.0. The standard InChI is InChI=1S/C18H18/c1-4-15-5-9-17(10-6-15)18-11-7-16(8-12-18)13-14(2)3/h1,5-12,14H,13H2,2-3H3. The smallest absolute Gasteiger partial charge is 0.0243 e. The number of hydrogen-bond donors (Lipinski definition) is 0. The molecule has 0 aliphatic heterocycles. The molecule has 0 saturated carbocycles. The van der Waals surface area contributed by atoms with Crippen molar-refractivity contribution in [2.24, 2.45) is 5.92 Å². The van der Waals surface area contributed by atoms with Gasteiger partial charge in [-0.25, -0.2) is 0 Å². The average molecular weight is 234 g/mol. The van der Waals surface area contributed by atoms with Crippen LogP contribution >= 0.6 is 0 Å².